The third-order valence-corrected chi connectivity index (χ3v) is 5.92. The number of aliphatic hydroxyl groups excluding tert-OH is 1. The largest absolute Gasteiger partial charge is 0.493 e. The van der Waals surface area contributed by atoms with Gasteiger partial charge < -0.3 is 29.0 Å². The van der Waals surface area contributed by atoms with E-state index >= 15 is 0 Å². The maximum Gasteiger partial charge on any atom is 0.224 e. The fourth-order valence-corrected chi connectivity index (χ4v) is 4.29. The average molecular weight is 425 g/mol. The number of carbonyl (C=O) groups excluding carboxylic acids is 1. The third-order valence-electron chi connectivity index (χ3n) is 5.92. The molecule has 3 aromatic rings. The molecule has 0 radical (unpaired) electrons. The summed E-state index contributed by atoms with van der Waals surface area (Å²) in [5.74, 6) is 2.41. The standard InChI is InChI=1S/C24H27NO6/c1-28-19-9-14-8-15(13-25-23(26)6-5-7-24(25)27)17-11-21(30-3)22(31-4)12-18(17)16(14)10-20(19)29-2/h8-12,23,26H,5-7,13H2,1-4H3. The van der Waals surface area contributed by atoms with E-state index in [-0.39, 0.29) is 5.91 Å². The van der Waals surface area contributed by atoms with Gasteiger partial charge >= 0.3 is 0 Å². The molecule has 0 bridgehead atoms. The fraction of sp³-hybridized carbons (Fsp3) is 0.375. The van der Waals surface area contributed by atoms with Crippen molar-refractivity contribution in [2.75, 3.05) is 28.4 Å². The maximum atomic E-state index is 12.5. The lowest BCUT2D eigenvalue weighted by molar-refractivity contribution is -0.147. The molecule has 1 aliphatic rings. The Bertz CT molecular complexity index is 1140. The lowest BCUT2D eigenvalue weighted by atomic mass is 9.95. The second-order valence-corrected chi connectivity index (χ2v) is 7.61. The van der Waals surface area contributed by atoms with Crippen LogP contribution in [0.3, 0.4) is 0 Å². The number of likely N-dealkylation sites (tertiary alicyclic amines) is 1. The van der Waals surface area contributed by atoms with E-state index in [0.717, 1.165) is 27.1 Å². The summed E-state index contributed by atoms with van der Waals surface area (Å²) < 4.78 is 22.1. The Morgan fingerprint density at radius 1 is 0.839 bits per heavy atom. The SMILES string of the molecule is COc1cc2cc(CN3C(=O)CCCC3O)c3cc(OC)c(OC)cc3c2cc1OC. The van der Waals surface area contributed by atoms with Crippen LogP contribution in [0.5, 0.6) is 23.0 Å². The number of piperidine rings is 1. The molecule has 0 saturated carbocycles. The van der Waals surface area contributed by atoms with Crippen molar-refractivity contribution in [3.05, 3.63) is 35.9 Å². The summed E-state index contributed by atoms with van der Waals surface area (Å²) in [5.41, 5.74) is 0.907. The van der Waals surface area contributed by atoms with E-state index in [9.17, 15) is 9.90 Å². The maximum absolute atomic E-state index is 12.5. The molecule has 1 atom stereocenters. The normalized spacial score (nSPS) is 16.6. The number of fused-ring (bicyclic) bond motifs is 3. The smallest absolute Gasteiger partial charge is 0.224 e. The summed E-state index contributed by atoms with van der Waals surface area (Å²) in [4.78, 5) is 14.0. The Balaban J connectivity index is 1.99. The summed E-state index contributed by atoms with van der Waals surface area (Å²) in [6, 6.07) is 9.73. The molecule has 1 fully saturated rings. The molecule has 3 aromatic carbocycles. The minimum Gasteiger partial charge on any atom is -0.493 e. The van der Waals surface area contributed by atoms with Crippen LogP contribution in [0.2, 0.25) is 0 Å². The van der Waals surface area contributed by atoms with Crippen LogP contribution in [0, 0.1) is 0 Å². The Labute approximate surface area is 181 Å². The number of ether oxygens (including phenoxy) is 4. The number of amides is 1. The molecule has 4 rings (SSSR count). The highest BCUT2D eigenvalue weighted by molar-refractivity contribution is 6.11. The number of hydrogen-bond acceptors (Lipinski definition) is 6. The predicted molar refractivity (Wildman–Crippen MR) is 118 cm³/mol. The van der Waals surface area contributed by atoms with Gasteiger partial charge in [-0.2, -0.15) is 0 Å². The van der Waals surface area contributed by atoms with Gasteiger partial charge in [-0.1, -0.05) is 0 Å². The molecule has 1 saturated heterocycles. The zero-order chi connectivity index (χ0) is 22.1. The number of carbonyl (C=O) groups is 1. The van der Waals surface area contributed by atoms with Gasteiger partial charge in [-0.15, -0.1) is 0 Å². The monoisotopic (exact) mass is 425 g/mol. The van der Waals surface area contributed by atoms with Crippen LogP contribution in [0.1, 0.15) is 24.8 Å². The van der Waals surface area contributed by atoms with Crippen LogP contribution >= 0.6 is 0 Å². The van der Waals surface area contributed by atoms with Crippen molar-refractivity contribution in [2.45, 2.75) is 32.0 Å². The number of methoxy groups -OCH3 is 4. The topological polar surface area (TPSA) is 77.5 Å². The minimum absolute atomic E-state index is 0.0419. The highest BCUT2D eigenvalue weighted by Gasteiger charge is 2.27. The first-order valence-corrected chi connectivity index (χ1v) is 10.2. The van der Waals surface area contributed by atoms with Crippen molar-refractivity contribution in [1.82, 2.24) is 4.90 Å². The summed E-state index contributed by atoms with van der Waals surface area (Å²) in [7, 11) is 6.40. The lowest BCUT2D eigenvalue weighted by Crippen LogP contribution is -2.42. The van der Waals surface area contributed by atoms with Crippen molar-refractivity contribution >= 4 is 27.5 Å². The minimum atomic E-state index is -0.780. The molecule has 0 spiro atoms. The second-order valence-electron chi connectivity index (χ2n) is 7.61. The van der Waals surface area contributed by atoms with Gasteiger partial charge in [-0.05, 0) is 70.3 Å². The average Bonchev–Trinajstić information content (AvgIpc) is 2.79. The highest BCUT2D eigenvalue weighted by atomic mass is 16.5. The van der Waals surface area contributed by atoms with Gasteiger partial charge in [0.2, 0.25) is 5.91 Å². The highest BCUT2D eigenvalue weighted by Crippen LogP contribution is 2.41. The number of hydrogen-bond donors (Lipinski definition) is 1. The van der Waals surface area contributed by atoms with Crippen LogP contribution < -0.4 is 18.9 Å². The second kappa shape index (κ2) is 8.51. The molecular weight excluding hydrogens is 398 g/mol. The van der Waals surface area contributed by atoms with Crippen LogP contribution in [-0.2, 0) is 11.3 Å². The zero-order valence-corrected chi connectivity index (χ0v) is 18.2. The number of rotatable bonds is 6. The van der Waals surface area contributed by atoms with Crippen LogP contribution in [-0.4, -0.2) is 50.6 Å². The Morgan fingerprint density at radius 2 is 1.39 bits per heavy atom. The number of nitrogens with zero attached hydrogens (tertiary/aromatic N) is 1. The molecule has 31 heavy (non-hydrogen) atoms. The molecule has 1 heterocycles. The van der Waals surface area contributed by atoms with Gasteiger partial charge in [0.1, 0.15) is 6.23 Å². The van der Waals surface area contributed by atoms with Crippen molar-refractivity contribution in [2.24, 2.45) is 0 Å². The Morgan fingerprint density at radius 3 is 1.97 bits per heavy atom. The summed E-state index contributed by atoms with van der Waals surface area (Å²) >= 11 is 0. The molecule has 7 nitrogen and oxygen atoms in total. The summed E-state index contributed by atoms with van der Waals surface area (Å²) in [6.07, 6.45) is 0.957. The number of aliphatic hydroxyl groups is 1. The van der Waals surface area contributed by atoms with Crippen LogP contribution in [0.25, 0.3) is 21.5 Å². The van der Waals surface area contributed by atoms with E-state index in [1.807, 2.05) is 30.3 Å². The first-order chi connectivity index (χ1) is 15.0. The van der Waals surface area contributed by atoms with Crippen molar-refractivity contribution in [3.8, 4) is 23.0 Å². The zero-order valence-electron chi connectivity index (χ0n) is 18.2. The molecule has 1 amide bonds. The molecule has 0 aromatic heterocycles. The predicted octanol–water partition coefficient (Wildman–Crippen LogP) is 3.86. The van der Waals surface area contributed by atoms with Gasteiger partial charge in [0, 0.05) is 13.0 Å². The molecule has 1 unspecified atom stereocenters. The molecule has 0 aliphatic carbocycles. The summed E-state index contributed by atoms with van der Waals surface area (Å²) in [6.45, 7) is 0.302. The quantitative estimate of drug-likeness (QED) is 0.605. The van der Waals surface area contributed by atoms with Gasteiger partial charge in [0.05, 0.1) is 28.4 Å². The van der Waals surface area contributed by atoms with Gasteiger partial charge in [-0.25, -0.2) is 0 Å². The molecule has 1 aliphatic heterocycles. The first-order valence-electron chi connectivity index (χ1n) is 10.2. The van der Waals surface area contributed by atoms with Crippen LogP contribution in [0.4, 0.5) is 0 Å². The van der Waals surface area contributed by atoms with Crippen molar-refractivity contribution in [3.63, 3.8) is 0 Å². The van der Waals surface area contributed by atoms with E-state index in [1.165, 1.54) is 0 Å². The Hall–Kier alpha value is -3.19. The molecule has 164 valence electrons. The van der Waals surface area contributed by atoms with E-state index in [4.69, 9.17) is 18.9 Å². The van der Waals surface area contributed by atoms with Gasteiger partial charge in [0.25, 0.3) is 0 Å². The molecule has 1 N–H and O–H groups in total. The van der Waals surface area contributed by atoms with Gasteiger partial charge in [0.15, 0.2) is 23.0 Å². The van der Waals surface area contributed by atoms with E-state index in [0.29, 0.717) is 48.8 Å². The Kier molecular flexibility index (Phi) is 5.78. The van der Waals surface area contributed by atoms with Crippen molar-refractivity contribution in [1.29, 1.82) is 0 Å². The van der Waals surface area contributed by atoms with E-state index < -0.39 is 6.23 Å². The van der Waals surface area contributed by atoms with Crippen LogP contribution in [0.15, 0.2) is 30.3 Å². The van der Waals surface area contributed by atoms with E-state index in [1.54, 1.807) is 33.3 Å². The molecule has 7 heteroatoms. The van der Waals surface area contributed by atoms with E-state index in [2.05, 4.69) is 0 Å². The first kappa shape index (κ1) is 21.1. The molecular formula is C24H27NO6. The van der Waals surface area contributed by atoms with Crippen molar-refractivity contribution < 1.29 is 28.8 Å². The van der Waals surface area contributed by atoms with Gasteiger partial charge in [-0.3, -0.25) is 4.79 Å². The lowest BCUT2D eigenvalue weighted by Gasteiger charge is -2.32. The third kappa shape index (κ3) is 3.70. The summed E-state index contributed by atoms with van der Waals surface area (Å²) in [5, 5.41) is 14.2. The number of benzene rings is 3. The fourth-order valence-electron chi connectivity index (χ4n) is 4.29.